The maximum atomic E-state index is 13.9. The number of hydrogen-bond donors (Lipinski definition) is 0. The number of carbonyl (C=O) groups excluding carboxylic acids is 3. The third-order valence-corrected chi connectivity index (χ3v) is 7.26. The van der Waals surface area contributed by atoms with Crippen LogP contribution in [0, 0.1) is 0 Å². The number of ether oxygens (including phenoxy) is 4. The zero-order valence-corrected chi connectivity index (χ0v) is 24.7. The standard InChI is InChI=1S/C28H25BrN2O8S/c1-6-37-27(35)24-14(2)30-28-31(25(24)17-7-9-21(39-16(4)33)22(12-17)36-5)26(34)23(40-28)13-18-11-19(29)8-10-20(18)38-15(3)32/h7-13,25H,6H2,1-5H3/b23-13+. The van der Waals surface area contributed by atoms with Gasteiger partial charge in [0.2, 0.25) is 0 Å². The molecule has 40 heavy (non-hydrogen) atoms. The van der Waals surface area contributed by atoms with Crippen molar-refractivity contribution >= 4 is 51.3 Å². The van der Waals surface area contributed by atoms with Crippen LogP contribution in [0.3, 0.4) is 0 Å². The number of thiazole rings is 1. The highest BCUT2D eigenvalue weighted by molar-refractivity contribution is 9.10. The number of carbonyl (C=O) groups is 3. The van der Waals surface area contributed by atoms with Gasteiger partial charge in [0.1, 0.15) is 5.75 Å². The summed E-state index contributed by atoms with van der Waals surface area (Å²) in [7, 11) is 1.42. The van der Waals surface area contributed by atoms with Gasteiger partial charge in [0.25, 0.3) is 5.56 Å². The molecular formula is C28H25BrN2O8S. The lowest BCUT2D eigenvalue weighted by Gasteiger charge is -2.25. The Morgan fingerprint density at radius 3 is 2.38 bits per heavy atom. The van der Waals surface area contributed by atoms with Gasteiger partial charge in [0, 0.05) is 23.9 Å². The summed E-state index contributed by atoms with van der Waals surface area (Å²) in [6.07, 6.45) is 1.61. The molecule has 0 aliphatic carbocycles. The Labute approximate surface area is 241 Å². The second kappa shape index (κ2) is 12.0. The van der Waals surface area contributed by atoms with Gasteiger partial charge in [-0.2, -0.15) is 0 Å². The van der Waals surface area contributed by atoms with E-state index in [9.17, 15) is 19.2 Å². The smallest absolute Gasteiger partial charge is 0.338 e. The molecule has 2 aromatic carbocycles. The second-order valence-electron chi connectivity index (χ2n) is 8.58. The molecule has 1 aliphatic heterocycles. The van der Waals surface area contributed by atoms with Gasteiger partial charge in [-0.1, -0.05) is 33.3 Å². The van der Waals surface area contributed by atoms with E-state index in [-0.39, 0.29) is 29.4 Å². The summed E-state index contributed by atoms with van der Waals surface area (Å²) in [6.45, 7) is 6.06. The maximum absolute atomic E-state index is 13.9. The molecular weight excluding hydrogens is 604 g/mol. The molecule has 2 heterocycles. The van der Waals surface area contributed by atoms with Gasteiger partial charge >= 0.3 is 17.9 Å². The van der Waals surface area contributed by atoms with E-state index in [4.69, 9.17) is 18.9 Å². The molecule has 4 rings (SSSR count). The zero-order valence-electron chi connectivity index (χ0n) is 22.3. The first-order valence-electron chi connectivity index (χ1n) is 12.1. The minimum absolute atomic E-state index is 0.128. The van der Waals surface area contributed by atoms with Gasteiger partial charge < -0.3 is 18.9 Å². The van der Waals surface area contributed by atoms with E-state index in [0.717, 1.165) is 15.8 Å². The number of methoxy groups -OCH3 is 1. The van der Waals surface area contributed by atoms with E-state index in [2.05, 4.69) is 20.9 Å². The van der Waals surface area contributed by atoms with Crippen LogP contribution >= 0.6 is 27.3 Å². The third kappa shape index (κ3) is 5.92. The Bertz CT molecular complexity index is 1740. The lowest BCUT2D eigenvalue weighted by Crippen LogP contribution is -2.40. The summed E-state index contributed by atoms with van der Waals surface area (Å²) in [5, 5.41) is 0. The fraction of sp³-hybridized carbons (Fsp3) is 0.250. The van der Waals surface area contributed by atoms with Crippen LogP contribution in [0.5, 0.6) is 17.2 Å². The van der Waals surface area contributed by atoms with Crippen LogP contribution in [0.4, 0.5) is 0 Å². The Morgan fingerprint density at radius 1 is 1.05 bits per heavy atom. The Hall–Kier alpha value is -4.03. The Kier molecular flexibility index (Phi) is 8.70. The summed E-state index contributed by atoms with van der Waals surface area (Å²) in [5.41, 5.74) is 1.18. The van der Waals surface area contributed by atoms with Crippen molar-refractivity contribution in [3.63, 3.8) is 0 Å². The van der Waals surface area contributed by atoms with Crippen LogP contribution in [0.25, 0.3) is 6.08 Å². The topological polar surface area (TPSA) is 122 Å². The molecule has 1 aliphatic rings. The summed E-state index contributed by atoms with van der Waals surface area (Å²) < 4.78 is 23.8. The van der Waals surface area contributed by atoms with E-state index < -0.39 is 29.5 Å². The van der Waals surface area contributed by atoms with Crippen LogP contribution in [0.15, 0.2) is 61.9 Å². The number of hydrogen-bond acceptors (Lipinski definition) is 10. The van der Waals surface area contributed by atoms with Crippen LogP contribution in [-0.2, 0) is 19.1 Å². The third-order valence-electron chi connectivity index (χ3n) is 5.79. The van der Waals surface area contributed by atoms with E-state index in [0.29, 0.717) is 26.2 Å². The maximum Gasteiger partial charge on any atom is 0.338 e. The van der Waals surface area contributed by atoms with E-state index >= 15 is 0 Å². The van der Waals surface area contributed by atoms with Crippen LogP contribution in [0.1, 0.15) is 44.9 Å². The molecule has 3 aromatic rings. The molecule has 0 amide bonds. The number of esters is 3. The zero-order chi connectivity index (χ0) is 29.1. The predicted octanol–water partition coefficient (Wildman–Crippen LogP) is 3.42. The van der Waals surface area contributed by atoms with E-state index in [1.807, 2.05) is 0 Å². The van der Waals surface area contributed by atoms with E-state index in [1.54, 1.807) is 50.3 Å². The van der Waals surface area contributed by atoms with Crippen LogP contribution in [0.2, 0.25) is 0 Å². The molecule has 0 bridgehead atoms. The molecule has 0 radical (unpaired) electrons. The molecule has 12 heteroatoms. The van der Waals surface area contributed by atoms with Crippen molar-refractivity contribution in [1.82, 2.24) is 4.57 Å². The normalized spacial score (nSPS) is 14.8. The predicted molar refractivity (Wildman–Crippen MR) is 150 cm³/mol. The number of fused-ring (bicyclic) bond motifs is 1. The highest BCUT2D eigenvalue weighted by atomic mass is 79.9. The van der Waals surface area contributed by atoms with Crippen LogP contribution in [-0.4, -0.2) is 36.2 Å². The number of aromatic nitrogens is 1. The van der Waals surface area contributed by atoms with Gasteiger partial charge in [0.05, 0.1) is 35.6 Å². The highest BCUT2D eigenvalue weighted by Crippen LogP contribution is 2.36. The minimum Gasteiger partial charge on any atom is -0.493 e. The quantitative estimate of drug-likeness (QED) is 0.288. The Balaban J connectivity index is 1.97. The van der Waals surface area contributed by atoms with Crippen molar-refractivity contribution < 1.29 is 33.3 Å². The minimum atomic E-state index is -0.909. The lowest BCUT2D eigenvalue weighted by molar-refractivity contribution is -0.139. The van der Waals surface area contributed by atoms with Gasteiger partial charge in [0.15, 0.2) is 16.3 Å². The number of benzene rings is 2. The first-order chi connectivity index (χ1) is 19.0. The largest absolute Gasteiger partial charge is 0.493 e. The first kappa shape index (κ1) is 29.0. The van der Waals surface area contributed by atoms with Crippen molar-refractivity contribution in [2.45, 2.75) is 33.7 Å². The van der Waals surface area contributed by atoms with Gasteiger partial charge in [-0.15, -0.1) is 0 Å². The summed E-state index contributed by atoms with van der Waals surface area (Å²) in [6, 6.07) is 8.95. The van der Waals surface area contributed by atoms with Gasteiger partial charge in [-0.05, 0) is 55.8 Å². The Morgan fingerprint density at radius 2 is 1.73 bits per heavy atom. The first-order valence-corrected chi connectivity index (χ1v) is 13.7. The number of allylic oxidation sites excluding steroid dienone is 1. The molecule has 0 saturated heterocycles. The summed E-state index contributed by atoms with van der Waals surface area (Å²) in [4.78, 5) is 55.2. The number of nitrogens with zero attached hydrogens (tertiary/aromatic N) is 2. The molecule has 1 atom stereocenters. The molecule has 0 spiro atoms. The molecule has 208 valence electrons. The molecule has 0 fully saturated rings. The fourth-order valence-corrected chi connectivity index (χ4v) is 5.64. The fourth-order valence-electron chi connectivity index (χ4n) is 4.22. The number of halogens is 1. The summed E-state index contributed by atoms with van der Waals surface area (Å²) in [5.74, 6) is -0.922. The van der Waals surface area contributed by atoms with E-state index in [1.165, 1.54) is 31.6 Å². The second-order valence-corrected chi connectivity index (χ2v) is 10.5. The molecule has 10 nitrogen and oxygen atoms in total. The summed E-state index contributed by atoms with van der Waals surface area (Å²) >= 11 is 4.54. The van der Waals surface area contributed by atoms with Crippen LogP contribution < -0.4 is 29.1 Å². The van der Waals surface area contributed by atoms with Crippen molar-refractivity contribution in [2.24, 2.45) is 4.99 Å². The van der Waals surface area contributed by atoms with Gasteiger partial charge in [-0.3, -0.25) is 19.0 Å². The molecule has 1 unspecified atom stereocenters. The molecule has 0 saturated carbocycles. The average Bonchev–Trinajstić information content (AvgIpc) is 3.18. The number of rotatable bonds is 7. The van der Waals surface area contributed by atoms with Gasteiger partial charge in [-0.25, -0.2) is 9.79 Å². The molecule has 0 N–H and O–H groups in total. The lowest BCUT2D eigenvalue weighted by atomic mass is 9.95. The average molecular weight is 629 g/mol. The molecule has 1 aromatic heterocycles. The SMILES string of the molecule is CCOC(=O)C1=C(C)N=c2s/c(=C/c3cc(Br)ccc3OC(C)=O)c(=O)n2C1c1ccc(OC(C)=O)c(OC)c1. The van der Waals surface area contributed by atoms with Crippen molar-refractivity contribution in [1.29, 1.82) is 0 Å². The van der Waals surface area contributed by atoms with Crippen molar-refractivity contribution in [3.8, 4) is 17.2 Å². The monoisotopic (exact) mass is 628 g/mol. The highest BCUT2D eigenvalue weighted by Gasteiger charge is 2.34. The van der Waals surface area contributed by atoms with Crippen molar-refractivity contribution in [2.75, 3.05) is 13.7 Å². The van der Waals surface area contributed by atoms with Crippen molar-refractivity contribution in [3.05, 3.63) is 83.0 Å².